The Bertz CT molecular complexity index is 689. The minimum atomic E-state index is -3.03. The molecule has 0 saturated carbocycles. The number of likely N-dealkylation sites (tertiary alicyclic amines) is 1. The molecule has 0 radical (unpaired) electrons. The van der Waals surface area contributed by atoms with Crippen molar-refractivity contribution in [2.75, 3.05) is 32.7 Å². The van der Waals surface area contributed by atoms with Gasteiger partial charge in [-0.2, -0.15) is 8.78 Å². The first-order valence-electron chi connectivity index (χ1n) is 8.49. The normalized spacial score (nSPS) is 21.2. The third kappa shape index (κ3) is 4.24. The fourth-order valence-corrected chi connectivity index (χ4v) is 3.61. The average molecular weight is 388 g/mol. The van der Waals surface area contributed by atoms with Crippen molar-refractivity contribution in [2.24, 2.45) is 0 Å². The first kappa shape index (κ1) is 18.8. The van der Waals surface area contributed by atoms with E-state index < -0.39 is 12.5 Å². The topological polar surface area (TPSA) is 61.9 Å². The zero-order valence-electron chi connectivity index (χ0n) is 14.1. The number of carbonyl (C=O) groups is 2. The summed E-state index contributed by atoms with van der Waals surface area (Å²) in [5.74, 6) is -0.606. The number of alkyl halides is 2. The number of hydrogen-bond acceptors (Lipinski definition) is 4. The maximum Gasteiger partial charge on any atom is 0.387 e. The van der Waals surface area contributed by atoms with Gasteiger partial charge < -0.3 is 19.9 Å². The maximum atomic E-state index is 12.9. The van der Waals surface area contributed by atoms with Gasteiger partial charge in [0, 0.05) is 37.2 Å². The Morgan fingerprint density at radius 3 is 2.88 bits per heavy atom. The van der Waals surface area contributed by atoms with Gasteiger partial charge in [-0.05, 0) is 31.0 Å². The van der Waals surface area contributed by atoms with E-state index >= 15 is 0 Å². The van der Waals surface area contributed by atoms with Crippen molar-refractivity contribution in [1.29, 1.82) is 0 Å². The van der Waals surface area contributed by atoms with E-state index in [2.05, 4.69) is 10.1 Å². The van der Waals surface area contributed by atoms with Crippen LogP contribution in [0.2, 0.25) is 5.02 Å². The molecule has 1 atom stereocenters. The number of piperidine rings is 1. The van der Waals surface area contributed by atoms with Gasteiger partial charge in [0.05, 0.1) is 12.1 Å². The van der Waals surface area contributed by atoms with E-state index in [0.717, 1.165) is 19.4 Å². The zero-order chi connectivity index (χ0) is 18.7. The highest BCUT2D eigenvalue weighted by molar-refractivity contribution is 6.31. The van der Waals surface area contributed by atoms with Gasteiger partial charge in [0.2, 0.25) is 5.91 Å². The second kappa shape index (κ2) is 8.18. The monoisotopic (exact) mass is 387 g/mol. The van der Waals surface area contributed by atoms with Crippen LogP contribution in [0.25, 0.3) is 0 Å². The van der Waals surface area contributed by atoms with Crippen LogP contribution in [0.4, 0.5) is 8.78 Å². The Hall–Kier alpha value is -1.93. The first-order chi connectivity index (χ1) is 12.5. The quantitative estimate of drug-likeness (QED) is 0.858. The van der Waals surface area contributed by atoms with Gasteiger partial charge in [-0.15, -0.1) is 0 Å². The van der Waals surface area contributed by atoms with E-state index in [4.69, 9.17) is 11.6 Å². The van der Waals surface area contributed by atoms with E-state index in [9.17, 15) is 18.4 Å². The fraction of sp³-hybridized carbons (Fsp3) is 0.529. The number of nitrogens with zero attached hydrogens (tertiary/aromatic N) is 2. The molecule has 0 aliphatic carbocycles. The number of halogens is 3. The molecule has 0 aromatic heterocycles. The van der Waals surface area contributed by atoms with Crippen LogP contribution in [-0.4, -0.2) is 67.0 Å². The number of rotatable bonds is 4. The lowest BCUT2D eigenvalue weighted by Crippen LogP contribution is -2.57. The van der Waals surface area contributed by atoms with Crippen molar-refractivity contribution in [2.45, 2.75) is 25.5 Å². The lowest BCUT2D eigenvalue weighted by atomic mass is 10.0. The molecule has 9 heteroatoms. The Morgan fingerprint density at radius 2 is 2.15 bits per heavy atom. The molecule has 0 bridgehead atoms. The van der Waals surface area contributed by atoms with Crippen LogP contribution in [0.15, 0.2) is 18.2 Å². The molecule has 1 aromatic carbocycles. The molecule has 2 aliphatic rings. The minimum absolute atomic E-state index is 0.00471. The predicted octanol–water partition coefficient (Wildman–Crippen LogP) is 1.98. The number of piperazine rings is 1. The minimum Gasteiger partial charge on any atom is -0.434 e. The molecule has 142 valence electrons. The molecular formula is C17H20ClF2N3O3. The van der Waals surface area contributed by atoms with Crippen molar-refractivity contribution >= 4 is 23.4 Å². The molecule has 1 unspecified atom stereocenters. The predicted molar refractivity (Wildman–Crippen MR) is 91.6 cm³/mol. The van der Waals surface area contributed by atoms with Crippen LogP contribution in [0.1, 0.15) is 23.2 Å². The molecule has 1 N–H and O–H groups in total. The number of amides is 2. The number of nitrogens with one attached hydrogen (secondary N) is 1. The fourth-order valence-electron chi connectivity index (χ4n) is 3.44. The highest BCUT2D eigenvalue weighted by atomic mass is 35.5. The van der Waals surface area contributed by atoms with Crippen molar-refractivity contribution in [3.05, 3.63) is 28.8 Å². The van der Waals surface area contributed by atoms with Gasteiger partial charge in [0.25, 0.3) is 5.91 Å². The van der Waals surface area contributed by atoms with E-state index in [1.807, 2.05) is 0 Å². The van der Waals surface area contributed by atoms with E-state index in [1.54, 1.807) is 9.80 Å². The molecule has 0 spiro atoms. The van der Waals surface area contributed by atoms with Crippen LogP contribution in [0.5, 0.6) is 5.75 Å². The lowest BCUT2D eigenvalue weighted by Gasteiger charge is -2.41. The largest absolute Gasteiger partial charge is 0.434 e. The van der Waals surface area contributed by atoms with Crippen molar-refractivity contribution in [1.82, 2.24) is 15.1 Å². The second-order valence-electron chi connectivity index (χ2n) is 6.33. The average Bonchev–Trinajstić information content (AvgIpc) is 2.63. The molecule has 1 aromatic rings. The van der Waals surface area contributed by atoms with Gasteiger partial charge in [-0.25, -0.2) is 0 Å². The van der Waals surface area contributed by atoms with Crippen LogP contribution < -0.4 is 10.1 Å². The number of ether oxygens (including phenoxy) is 1. The van der Waals surface area contributed by atoms with E-state index in [-0.39, 0.29) is 28.3 Å². The molecule has 2 fully saturated rings. The molecule has 3 rings (SSSR count). The first-order valence-corrected chi connectivity index (χ1v) is 8.87. The maximum absolute atomic E-state index is 12.9. The molecular weight excluding hydrogens is 368 g/mol. The summed E-state index contributed by atoms with van der Waals surface area (Å²) in [5.41, 5.74) is 0.00471. The third-order valence-corrected chi connectivity index (χ3v) is 4.87. The molecule has 2 aliphatic heterocycles. The summed E-state index contributed by atoms with van der Waals surface area (Å²) >= 11 is 5.93. The number of hydrogen-bond donors (Lipinski definition) is 1. The highest BCUT2D eigenvalue weighted by Crippen LogP contribution is 2.27. The standard InChI is InChI=1S/C17H20ClF2N3O3/c18-11-3-4-14(26-17(19)20)13(8-11)16(25)22-6-1-2-12(10-22)23-7-5-21-9-15(23)24/h3-4,8,12,17,21H,1-2,5-7,9-10H2. The summed E-state index contributed by atoms with van der Waals surface area (Å²) in [6, 6.07) is 3.93. The van der Waals surface area contributed by atoms with Crippen molar-refractivity contribution < 1.29 is 23.1 Å². The molecule has 2 saturated heterocycles. The van der Waals surface area contributed by atoms with Crippen LogP contribution in [0, 0.1) is 0 Å². The molecule has 2 heterocycles. The molecule has 2 amide bonds. The Kier molecular flexibility index (Phi) is 5.93. The van der Waals surface area contributed by atoms with Gasteiger partial charge in [-0.1, -0.05) is 11.6 Å². The lowest BCUT2D eigenvalue weighted by molar-refractivity contribution is -0.135. The van der Waals surface area contributed by atoms with Crippen molar-refractivity contribution in [3.8, 4) is 5.75 Å². The SMILES string of the molecule is O=C(c1cc(Cl)ccc1OC(F)F)N1CCCC(N2CCNCC2=O)C1. The van der Waals surface area contributed by atoms with Crippen LogP contribution in [-0.2, 0) is 4.79 Å². The Morgan fingerprint density at radius 1 is 1.35 bits per heavy atom. The smallest absolute Gasteiger partial charge is 0.387 e. The van der Waals surface area contributed by atoms with Gasteiger partial charge in [0.1, 0.15) is 5.75 Å². The molecule has 6 nitrogen and oxygen atoms in total. The summed E-state index contributed by atoms with van der Waals surface area (Å²) in [4.78, 5) is 28.4. The summed E-state index contributed by atoms with van der Waals surface area (Å²) in [6.07, 6.45) is 1.55. The summed E-state index contributed by atoms with van der Waals surface area (Å²) in [6.45, 7) is -0.554. The molecule has 26 heavy (non-hydrogen) atoms. The highest BCUT2D eigenvalue weighted by Gasteiger charge is 2.33. The Balaban J connectivity index is 1.77. The Labute approximate surface area is 155 Å². The van der Waals surface area contributed by atoms with E-state index in [1.165, 1.54) is 18.2 Å². The van der Waals surface area contributed by atoms with E-state index in [0.29, 0.717) is 26.2 Å². The van der Waals surface area contributed by atoms with Gasteiger partial charge >= 0.3 is 6.61 Å². The number of carbonyl (C=O) groups excluding carboxylic acids is 2. The van der Waals surface area contributed by atoms with Crippen LogP contribution >= 0.6 is 11.6 Å². The summed E-state index contributed by atoms with van der Waals surface area (Å²) in [7, 11) is 0. The van der Waals surface area contributed by atoms with Crippen molar-refractivity contribution in [3.63, 3.8) is 0 Å². The summed E-state index contributed by atoms with van der Waals surface area (Å²) < 4.78 is 29.7. The zero-order valence-corrected chi connectivity index (χ0v) is 14.8. The number of benzene rings is 1. The summed E-state index contributed by atoms with van der Waals surface area (Å²) in [5, 5.41) is 3.29. The van der Waals surface area contributed by atoms with Gasteiger partial charge in [0.15, 0.2) is 0 Å². The van der Waals surface area contributed by atoms with Crippen LogP contribution in [0.3, 0.4) is 0 Å². The third-order valence-electron chi connectivity index (χ3n) is 4.64. The second-order valence-corrected chi connectivity index (χ2v) is 6.77. The van der Waals surface area contributed by atoms with Gasteiger partial charge in [-0.3, -0.25) is 9.59 Å².